The number of hydrogen-bond acceptors (Lipinski definition) is 8. The normalized spacial score (nSPS) is 15.5. The maximum atomic E-state index is 12.7. The van der Waals surface area contributed by atoms with E-state index in [9.17, 15) is 22.8 Å². The van der Waals surface area contributed by atoms with Crippen molar-refractivity contribution in [3.63, 3.8) is 0 Å². The van der Waals surface area contributed by atoms with Gasteiger partial charge in [-0.25, -0.2) is 13.2 Å². The quantitative estimate of drug-likeness (QED) is 0.189. The molecule has 1 saturated heterocycles. The highest BCUT2D eigenvalue weighted by Crippen LogP contribution is 2.27. The van der Waals surface area contributed by atoms with E-state index in [0.717, 1.165) is 0 Å². The van der Waals surface area contributed by atoms with Crippen molar-refractivity contribution in [1.82, 2.24) is 5.06 Å². The van der Waals surface area contributed by atoms with Crippen LogP contribution in [0.5, 0.6) is 0 Å². The number of sulfone groups is 1. The van der Waals surface area contributed by atoms with Crippen LogP contribution in [0.15, 0.2) is 40.3 Å². The summed E-state index contributed by atoms with van der Waals surface area (Å²) in [5.41, 5.74) is 7.84. The molecule has 1 fully saturated rings. The number of carbonyl (C=O) groups is 3. The summed E-state index contributed by atoms with van der Waals surface area (Å²) in [5.74, 6) is -1.93. The largest absolute Gasteiger partial charge is 0.534 e. The van der Waals surface area contributed by atoms with Crippen LogP contribution in [0, 0.1) is 5.41 Å². The molecular weight excluding hydrogens is 416 g/mol. The molecule has 162 valence electrons. The lowest BCUT2D eigenvalue weighted by Crippen LogP contribution is -2.37. The predicted molar refractivity (Wildman–Crippen MR) is 103 cm³/mol. The van der Waals surface area contributed by atoms with Crippen LogP contribution >= 0.6 is 0 Å². The Hall–Kier alpha value is -3.11. The third-order valence-electron chi connectivity index (χ3n) is 4.28. The summed E-state index contributed by atoms with van der Waals surface area (Å²) < 4.78 is 30.6. The van der Waals surface area contributed by atoms with E-state index in [4.69, 9.17) is 10.3 Å². The van der Waals surface area contributed by atoms with Crippen LogP contribution in [-0.4, -0.2) is 49.9 Å². The first-order valence-corrected chi connectivity index (χ1v) is 10.7. The van der Waals surface area contributed by atoms with E-state index in [1.807, 2.05) is 0 Å². The number of azide groups is 1. The van der Waals surface area contributed by atoms with Crippen molar-refractivity contribution >= 4 is 27.8 Å². The van der Waals surface area contributed by atoms with E-state index in [1.165, 1.54) is 12.1 Å². The average Bonchev–Trinajstić information content (AvgIpc) is 2.98. The molecule has 1 aliphatic heterocycles. The fourth-order valence-electron chi connectivity index (χ4n) is 2.90. The third-order valence-corrected chi connectivity index (χ3v) is 6.09. The summed E-state index contributed by atoms with van der Waals surface area (Å²) in [5, 5.41) is 3.81. The van der Waals surface area contributed by atoms with E-state index < -0.39 is 45.1 Å². The van der Waals surface area contributed by atoms with Gasteiger partial charge in [0.1, 0.15) is 6.10 Å². The molecular formula is C18H22N4O7S. The van der Waals surface area contributed by atoms with Crippen LogP contribution in [0.4, 0.5) is 4.79 Å². The topological polar surface area (TPSA) is 156 Å². The van der Waals surface area contributed by atoms with Crippen molar-refractivity contribution in [2.24, 2.45) is 10.5 Å². The SMILES string of the molecule is CC(C)(CN=[N+]=[N-])CC(CS(=O)(=O)c1ccccc1)OC(=O)ON1C(=O)CCC1=O. The third kappa shape index (κ3) is 6.46. The monoisotopic (exact) mass is 438 g/mol. The lowest BCUT2D eigenvalue weighted by molar-refractivity contribution is -0.178. The Morgan fingerprint density at radius 2 is 1.83 bits per heavy atom. The van der Waals surface area contributed by atoms with Gasteiger partial charge in [0.15, 0.2) is 9.84 Å². The summed E-state index contributed by atoms with van der Waals surface area (Å²) in [4.78, 5) is 42.8. The number of carbonyl (C=O) groups excluding carboxylic acids is 3. The molecule has 0 N–H and O–H groups in total. The summed E-state index contributed by atoms with van der Waals surface area (Å²) in [6.07, 6.45) is -2.70. The molecule has 1 unspecified atom stereocenters. The van der Waals surface area contributed by atoms with Gasteiger partial charge in [-0.05, 0) is 29.5 Å². The molecule has 12 heteroatoms. The summed E-state index contributed by atoms with van der Waals surface area (Å²) in [7, 11) is -3.83. The number of amides is 2. The molecule has 2 rings (SSSR count). The fourth-order valence-corrected chi connectivity index (χ4v) is 4.34. The minimum Gasteiger partial charge on any atom is -0.428 e. The molecule has 0 saturated carbocycles. The first-order chi connectivity index (χ1) is 14.0. The fraction of sp³-hybridized carbons (Fsp3) is 0.500. The summed E-state index contributed by atoms with van der Waals surface area (Å²) in [6, 6.07) is 7.62. The first-order valence-electron chi connectivity index (χ1n) is 9.07. The van der Waals surface area contributed by atoms with E-state index >= 15 is 0 Å². The molecule has 11 nitrogen and oxygen atoms in total. The Morgan fingerprint density at radius 3 is 2.40 bits per heavy atom. The van der Waals surface area contributed by atoms with Gasteiger partial charge < -0.3 is 4.74 Å². The number of nitrogens with zero attached hydrogens (tertiary/aromatic N) is 4. The Bertz CT molecular complexity index is 940. The molecule has 1 heterocycles. The van der Waals surface area contributed by atoms with Gasteiger partial charge in [0.2, 0.25) is 0 Å². The second kappa shape index (κ2) is 9.59. The van der Waals surface area contributed by atoms with Crippen LogP contribution in [-0.2, 0) is 29.0 Å². The molecule has 1 aromatic carbocycles. The molecule has 0 aliphatic carbocycles. The Balaban J connectivity index is 2.18. The average molecular weight is 438 g/mol. The van der Waals surface area contributed by atoms with Crippen molar-refractivity contribution < 1.29 is 32.4 Å². The van der Waals surface area contributed by atoms with E-state index in [0.29, 0.717) is 5.06 Å². The molecule has 0 bridgehead atoms. The van der Waals surface area contributed by atoms with Gasteiger partial charge in [-0.1, -0.05) is 42.2 Å². The minimum atomic E-state index is -3.83. The van der Waals surface area contributed by atoms with Crippen molar-refractivity contribution in [3.05, 3.63) is 40.8 Å². The number of benzene rings is 1. The molecule has 1 atom stereocenters. The zero-order valence-corrected chi connectivity index (χ0v) is 17.4. The Kier molecular flexibility index (Phi) is 7.41. The number of ether oxygens (including phenoxy) is 1. The highest BCUT2D eigenvalue weighted by atomic mass is 32.2. The number of rotatable bonds is 9. The summed E-state index contributed by atoms with van der Waals surface area (Å²) in [6.45, 7) is 3.46. The van der Waals surface area contributed by atoms with Crippen LogP contribution in [0.1, 0.15) is 33.1 Å². The second-order valence-electron chi connectivity index (χ2n) is 7.51. The van der Waals surface area contributed by atoms with Crippen LogP contribution < -0.4 is 0 Å². The predicted octanol–water partition coefficient (Wildman–Crippen LogP) is 2.77. The van der Waals surface area contributed by atoms with E-state index in [2.05, 4.69) is 14.9 Å². The van der Waals surface area contributed by atoms with Gasteiger partial charge in [0.25, 0.3) is 11.8 Å². The van der Waals surface area contributed by atoms with E-state index in [-0.39, 0.29) is 30.7 Å². The number of imide groups is 1. The molecule has 0 spiro atoms. The van der Waals surface area contributed by atoms with Gasteiger partial charge in [-0.3, -0.25) is 14.4 Å². The molecule has 0 aromatic heterocycles. The molecule has 0 radical (unpaired) electrons. The molecule has 30 heavy (non-hydrogen) atoms. The van der Waals surface area contributed by atoms with Crippen LogP contribution in [0.2, 0.25) is 0 Å². The van der Waals surface area contributed by atoms with Crippen molar-refractivity contribution in [2.45, 2.75) is 44.1 Å². The van der Waals surface area contributed by atoms with Crippen molar-refractivity contribution in [1.29, 1.82) is 0 Å². The van der Waals surface area contributed by atoms with Crippen molar-refractivity contribution in [3.8, 4) is 0 Å². The maximum Gasteiger partial charge on any atom is 0.534 e. The zero-order chi connectivity index (χ0) is 22.4. The van der Waals surface area contributed by atoms with E-state index in [1.54, 1.807) is 32.0 Å². The minimum absolute atomic E-state index is 0.0229. The molecule has 1 aliphatic rings. The number of hydroxylamine groups is 2. The van der Waals surface area contributed by atoms with Gasteiger partial charge >= 0.3 is 6.16 Å². The Labute approximate surface area is 173 Å². The van der Waals surface area contributed by atoms with Gasteiger partial charge in [-0.2, -0.15) is 0 Å². The lowest BCUT2D eigenvalue weighted by Gasteiger charge is -2.28. The first kappa shape index (κ1) is 23.2. The lowest BCUT2D eigenvalue weighted by atomic mass is 9.87. The Morgan fingerprint density at radius 1 is 1.23 bits per heavy atom. The zero-order valence-electron chi connectivity index (χ0n) is 16.6. The van der Waals surface area contributed by atoms with Gasteiger partial charge in [0, 0.05) is 24.3 Å². The molecule has 1 aromatic rings. The molecule has 2 amide bonds. The standard InChI is InChI=1S/C18H22N4O7S/c1-18(2,12-20-21-19)10-13(11-30(26,27)14-6-4-3-5-7-14)28-17(25)29-22-15(23)8-9-16(22)24/h3-7,13H,8-12H2,1-2H3. The van der Waals surface area contributed by atoms with Gasteiger partial charge in [0.05, 0.1) is 10.6 Å². The number of hydrogen-bond donors (Lipinski definition) is 0. The van der Waals surface area contributed by atoms with Crippen LogP contribution in [0.3, 0.4) is 0 Å². The second-order valence-corrected chi connectivity index (χ2v) is 9.55. The van der Waals surface area contributed by atoms with Crippen molar-refractivity contribution in [2.75, 3.05) is 12.3 Å². The summed E-state index contributed by atoms with van der Waals surface area (Å²) >= 11 is 0. The maximum absolute atomic E-state index is 12.7. The van der Waals surface area contributed by atoms with Crippen LogP contribution in [0.25, 0.3) is 10.4 Å². The van der Waals surface area contributed by atoms with Gasteiger partial charge in [-0.15, -0.1) is 0 Å². The highest BCUT2D eigenvalue weighted by molar-refractivity contribution is 7.91. The highest BCUT2D eigenvalue weighted by Gasteiger charge is 2.36. The smallest absolute Gasteiger partial charge is 0.428 e.